The summed E-state index contributed by atoms with van der Waals surface area (Å²) in [5, 5.41) is 13.1. The Morgan fingerprint density at radius 1 is 1.30 bits per heavy atom. The highest BCUT2D eigenvalue weighted by atomic mass is 16.5. The maximum absolute atomic E-state index is 12.8. The first-order chi connectivity index (χ1) is 14.5. The lowest BCUT2D eigenvalue weighted by Crippen LogP contribution is -2.44. The van der Waals surface area contributed by atoms with Crippen molar-refractivity contribution in [3.63, 3.8) is 0 Å². The number of benzene rings is 1. The van der Waals surface area contributed by atoms with Gasteiger partial charge in [0.2, 0.25) is 5.75 Å². The van der Waals surface area contributed by atoms with Gasteiger partial charge in [0.25, 0.3) is 11.5 Å². The second-order valence-electron chi connectivity index (χ2n) is 7.47. The molecule has 4 rings (SSSR count). The fourth-order valence-electron chi connectivity index (χ4n) is 4.32. The summed E-state index contributed by atoms with van der Waals surface area (Å²) in [6.45, 7) is 0.801. The van der Waals surface area contributed by atoms with Crippen LogP contribution < -0.4 is 20.3 Å². The normalized spacial score (nSPS) is 16.9. The van der Waals surface area contributed by atoms with E-state index in [1.165, 1.54) is 18.8 Å². The maximum atomic E-state index is 12.8. The van der Waals surface area contributed by atoms with Crippen LogP contribution in [0.3, 0.4) is 0 Å². The zero-order valence-corrected chi connectivity index (χ0v) is 17.1. The van der Waals surface area contributed by atoms with Crippen molar-refractivity contribution in [1.82, 2.24) is 14.9 Å². The molecular formula is C21H25N3O6. The third-order valence-corrected chi connectivity index (χ3v) is 5.80. The van der Waals surface area contributed by atoms with Crippen LogP contribution in [-0.4, -0.2) is 41.4 Å². The second-order valence-corrected chi connectivity index (χ2v) is 7.47. The van der Waals surface area contributed by atoms with Crippen LogP contribution in [0.1, 0.15) is 47.6 Å². The standard InChI is InChI=1S/C21H25N3O6/c1-28-14-7-5-6-13(17(14)29-2)12-22-18(26)15-16(25)19(27)24-10-11-30-21(20(24)23-15)8-3-4-9-21/h5-7,25H,3-4,8-12H2,1-2H3,(H,22,26). The molecule has 1 amide bonds. The summed E-state index contributed by atoms with van der Waals surface area (Å²) in [5.74, 6) is 0.178. The Morgan fingerprint density at radius 2 is 2.07 bits per heavy atom. The number of aromatic nitrogens is 2. The minimum atomic E-state index is -0.657. The number of nitrogens with zero attached hydrogens (tertiary/aromatic N) is 2. The molecule has 1 fully saturated rings. The van der Waals surface area contributed by atoms with Crippen LogP contribution >= 0.6 is 0 Å². The highest BCUT2D eigenvalue weighted by Gasteiger charge is 2.44. The van der Waals surface area contributed by atoms with E-state index in [1.807, 2.05) is 0 Å². The van der Waals surface area contributed by atoms with E-state index in [1.54, 1.807) is 18.2 Å². The molecule has 2 N–H and O–H groups in total. The summed E-state index contributed by atoms with van der Waals surface area (Å²) in [7, 11) is 3.05. The second kappa shape index (κ2) is 7.98. The molecule has 2 aliphatic rings. The van der Waals surface area contributed by atoms with Gasteiger partial charge in [-0.1, -0.05) is 12.1 Å². The molecule has 30 heavy (non-hydrogen) atoms. The minimum absolute atomic E-state index is 0.111. The molecule has 0 atom stereocenters. The Balaban J connectivity index is 1.64. The van der Waals surface area contributed by atoms with E-state index < -0.39 is 22.8 Å². The number of carbonyl (C=O) groups is 1. The van der Waals surface area contributed by atoms with Gasteiger partial charge in [-0.05, 0) is 31.7 Å². The van der Waals surface area contributed by atoms with Crippen molar-refractivity contribution in [3.05, 3.63) is 45.6 Å². The molecular weight excluding hydrogens is 390 g/mol. The zero-order chi connectivity index (χ0) is 21.3. The molecule has 2 heterocycles. The highest BCUT2D eigenvalue weighted by molar-refractivity contribution is 5.94. The van der Waals surface area contributed by atoms with E-state index in [4.69, 9.17) is 14.2 Å². The summed E-state index contributed by atoms with van der Waals surface area (Å²) in [6.07, 6.45) is 3.42. The summed E-state index contributed by atoms with van der Waals surface area (Å²) in [6, 6.07) is 5.33. The van der Waals surface area contributed by atoms with Crippen LogP contribution in [0, 0.1) is 0 Å². The summed E-state index contributed by atoms with van der Waals surface area (Å²) >= 11 is 0. The van der Waals surface area contributed by atoms with Gasteiger partial charge in [0, 0.05) is 12.1 Å². The molecule has 0 saturated heterocycles. The lowest BCUT2D eigenvalue weighted by molar-refractivity contribution is -0.0789. The van der Waals surface area contributed by atoms with Crippen LogP contribution in [0.25, 0.3) is 0 Å². The molecule has 1 spiro atoms. The number of hydrogen-bond donors (Lipinski definition) is 2. The lowest BCUT2D eigenvalue weighted by Gasteiger charge is -2.35. The van der Waals surface area contributed by atoms with Crippen molar-refractivity contribution in [2.75, 3.05) is 20.8 Å². The molecule has 0 bridgehead atoms. The monoisotopic (exact) mass is 415 g/mol. The quantitative estimate of drug-likeness (QED) is 0.764. The van der Waals surface area contributed by atoms with E-state index in [-0.39, 0.29) is 12.2 Å². The minimum Gasteiger partial charge on any atom is -0.501 e. The van der Waals surface area contributed by atoms with E-state index in [0.717, 1.165) is 25.7 Å². The summed E-state index contributed by atoms with van der Waals surface area (Å²) in [5.41, 5.74) is -0.866. The lowest BCUT2D eigenvalue weighted by atomic mass is 9.99. The van der Waals surface area contributed by atoms with E-state index >= 15 is 0 Å². The Bertz CT molecular complexity index is 1030. The first-order valence-corrected chi connectivity index (χ1v) is 9.97. The smallest absolute Gasteiger partial charge is 0.296 e. The first kappa shape index (κ1) is 20.2. The number of ether oxygens (including phenoxy) is 3. The summed E-state index contributed by atoms with van der Waals surface area (Å²) in [4.78, 5) is 30.0. The van der Waals surface area contributed by atoms with Crippen molar-refractivity contribution in [2.24, 2.45) is 0 Å². The van der Waals surface area contributed by atoms with Crippen molar-refractivity contribution < 1.29 is 24.1 Å². The average Bonchev–Trinajstić information content (AvgIpc) is 3.23. The SMILES string of the molecule is COc1cccc(CNC(=O)c2nc3n(c(=O)c2O)CCOC32CCCC2)c1OC. The first-order valence-electron chi connectivity index (χ1n) is 9.97. The Morgan fingerprint density at radius 3 is 2.77 bits per heavy atom. The van der Waals surface area contributed by atoms with E-state index in [2.05, 4.69) is 10.3 Å². The van der Waals surface area contributed by atoms with Crippen LogP contribution in [-0.2, 0) is 23.4 Å². The maximum Gasteiger partial charge on any atom is 0.296 e. The third-order valence-electron chi connectivity index (χ3n) is 5.80. The van der Waals surface area contributed by atoms with Crippen molar-refractivity contribution in [1.29, 1.82) is 0 Å². The third kappa shape index (κ3) is 3.28. The molecule has 1 aromatic carbocycles. The number of rotatable bonds is 5. The predicted molar refractivity (Wildman–Crippen MR) is 107 cm³/mol. The molecule has 0 radical (unpaired) electrons. The number of aromatic hydroxyl groups is 1. The molecule has 2 aromatic rings. The fraction of sp³-hybridized carbons (Fsp3) is 0.476. The Hall–Kier alpha value is -3.07. The van der Waals surface area contributed by atoms with E-state index in [9.17, 15) is 14.7 Å². The molecule has 0 unspecified atom stereocenters. The van der Waals surface area contributed by atoms with Gasteiger partial charge in [-0.25, -0.2) is 4.98 Å². The summed E-state index contributed by atoms with van der Waals surface area (Å²) < 4.78 is 18.1. The van der Waals surface area contributed by atoms with Crippen LogP contribution in [0.15, 0.2) is 23.0 Å². The number of carbonyl (C=O) groups excluding carboxylic acids is 1. The van der Waals surface area contributed by atoms with Crippen LogP contribution in [0.2, 0.25) is 0 Å². The predicted octanol–water partition coefficient (Wildman–Crippen LogP) is 1.70. The van der Waals surface area contributed by atoms with Gasteiger partial charge in [-0.15, -0.1) is 0 Å². The molecule has 1 aliphatic carbocycles. The van der Waals surface area contributed by atoms with Gasteiger partial charge in [0.1, 0.15) is 11.4 Å². The highest BCUT2D eigenvalue weighted by Crippen LogP contribution is 2.43. The van der Waals surface area contributed by atoms with Crippen molar-refractivity contribution in [2.45, 2.75) is 44.4 Å². The van der Waals surface area contributed by atoms with Crippen molar-refractivity contribution >= 4 is 5.91 Å². The van der Waals surface area contributed by atoms with Crippen molar-refractivity contribution in [3.8, 4) is 17.2 Å². The number of methoxy groups -OCH3 is 2. The number of para-hydroxylation sites is 1. The topological polar surface area (TPSA) is 112 Å². The number of fused-ring (bicyclic) bond motifs is 2. The molecule has 9 heteroatoms. The average molecular weight is 415 g/mol. The largest absolute Gasteiger partial charge is 0.501 e. The van der Waals surface area contributed by atoms with Crippen LogP contribution in [0.5, 0.6) is 17.2 Å². The number of amides is 1. The van der Waals surface area contributed by atoms with E-state index in [0.29, 0.717) is 36.0 Å². The van der Waals surface area contributed by atoms with Gasteiger partial charge in [0.05, 0.1) is 27.4 Å². The molecule has 1 saturated carbocycles. The van der Waals surface area contributed by atoms with Gasteiger partial charge in [-0.3, -0.25) is 14.2 Å². The zero-order valence-electron chi connectivity index (χ0n) is 17.1. The van der Waals surface area contributed by atoms with Crippen LogP contribution in [0.4, 0.5) is 0 Å². The fourth-order valence-corrected chi connectivity index (χ4v) is 4.32. The number of nitrogens with one attached hydrogen (secondary N) is 1. The Kier molecular flexibility index (Phi) is 5.38. The van der Waals surface area contributed by atoms with Gasteiger partial charge in [0.15, 0.2) is 17.2 Å². The molecule has 1 aromatic heterocycles. The van der Waals surface area contributed by atoms with Gasteiger partial charge < -0.3 is 24.6 Å². The van der Waals surface area contributed by atoms with Gasteiger partial charge >= 0.3 is 0 Å². The number of hydrogen-bond acceptors (Lipinski definition) is 7. The molecule has 160 valence electrons. The molecule has 9 nitrogen and oxygen atoms in total. The Labute approximate surface area is 173 Å². The van der Waals surface area contributed by atoms with Gasteiger partial charge in [-0.2, -0.15) is 0 Å². The molecule has 1 aliphatic heterocycles.